The molecule has 2 N–H and O–H groups in total. The van der Waals surface area contributed by atoms with Crippen LogP contribution in [0, 0.1) is 0 Å². The number of ether oxygens (including phenoxy) is 1. The molecule has 5 nitrogen and oxygen atoms in total. The fourth-order valence-corrected chi connectivity index (χ4v) is 2.33. The lowest BCUT2D eigenvalue weighted by molar-refractivity contribution is 0.414. The summed E-state index contributed by atoms with van der Waals surface area (Å²) in [6.45, 7) is 2.15. The second-order valence-electron chi connectivity index (χ2n) is 4.88. The van der Waals surface area contributed by atoms with Gasteiger partial charge in [0.25, 0.3) is 0 Å². The topological polar surface area (TPSA) is 63.7 Å². The Labute approximate surface area is 141 Å². The lowest BCUT2D eigenvalue weighted by Gasteiger charge is -2.23. The zero-order valence-electron chi connectivity index (χ0n) is 13.5. The fourth-order valence-electron chi connectivity index (χ4n) is 2.11. The summed E-state index contributed by atoms with van der Waals surface area (Å²) in [5.74, 6) is 1.79. The molecule has 0 aliphatic heterocycles. The van der Waals surface area contributed by atoms with Gasteiger partial charge in [-0.2, -0.15) is 0 Å². The van der Waals surface area contributed by atoms with Gasteiger partial charge in [0, 0.05) is 19.3 Å². The van der Waals surface area contributed by atoms with Crippen LogP contribution < -0.4 is 15.4 Å². The third kappa shape index (κ3) is 5.49. The Balaban J connectivity index is 2.09. The van der Waals surface area contributed by atoms with Crippen LogP contribution in [0.1, 0.15) is 5.56 Å². The lowest BCUT2D eigenvalue weighted by atomic mass is 10.2. The van der Waals surface area contributed by atoms with Gasteiger partial charge in [-0.05, 0) is 36.1 Å². The largest absolute Gasteiger partial charge is 0.497 e. The number of aliphatic imine (C=N–C) groups is 1. The van der Waals surface area contributed by atoms with Crippen molar-refractivity contribution in [3.63, 3.8) is 0 Å². The Bertz CT molecular complexity index is 616. The van der Waals surface area contributed by atoms with E-state index in [0.29, 0.717) is 11.7 Å². The van der Waals surface area contributed by atoms with E-state index in [0.717, 1.165) is 24.7 Å². The van der Waals surface area contributed by atoms with Crippen LogP contribution in [0.4, 0.5) is 5.82 Å². The number of hydrogen-bond acceptors (Lipinski definition) is 5. The first-order valence-corrected chi connectivity index (χ1v) is 8.58. The van der Waals surface area contributed by atoms with Gasteiger partial charge in [0.2, 0.25) is 0 Å². The summed E-state index contributed by atoms with van der Waals surface area (Å²) in [4.78, 5) is 11.0. The number of anilines is 1. The van der Waals surface area contributed by atoms with E-state index in [4.69, 9.17) is 10.5 Å². The minimum Gasteiger partial charge on any atom is -0.497 e. The normalized spacial score (nSPS) is 11.3. The highest BCUT2D eigenvalue weighted by molar-refractivity contribution is 8.13. The highest BCUT2D eigenvalue weighted by Gasteiger charge is 2.08. The molecule has 0 aliphatic rings. The van der Waals surface area contributed by atoms with Crippen molar-refractivity contribution in [2.75, 3.05) is 31.4 Å². The van der Waals surface area contributed by atoms with Crippen LogP contribution in [0.3, 0.4) is 0 Å². The molecule has 6 heteroatoms. The second kappa shape index (κ2) is 9.05. The van der Waals surface area contributed by atoms with Crippen molar-refractivity contribution < 1.29 is 4.74 Å². The molecule has 0 radical (unpaired) electrons. The van der Waals surface area contributed by atoms with Gasteiger partial charge < -0.3 is 15.4 Å². The van der Waals surface area contributed by atoms with Gasteiger partial charge in [0.1, 0.15) is 11.6 Å². The molecule has 0 spiro atoms. The highest BCUT2D eigenvalue weighted by Crippen LogP contribution is 2.16. The summed E-state index contributed by atoms with van der Waals surface area (Å²) in [5.41, 5.74) is 6.94. The average molecular weight is 330 g/mol. The van der Waals surface area contributed by atoms with Crippen LogP contribution >= 0.6 is 11.8 Å². The van der Waals surface area contributed by atoms with Crippen LogP contribution in [-0.4, -0.2) is 36.6 Å². The maximum atomic E-state index is 5.75. The molecule has 2 aromatic rings. The van der Waals surface area contributed by atoms with E-state index in [1.54, 1.807) is 13.3 Å². The van der Waals surface area contributed by atoms with E-state index >= 15 is 0 Å². The Morgan fingerprint density at radius 3 is 2.65 bits per heavy atom. The smallest absolute Gasteiger partial charge is 0.153 e. The molecular weight excluding hydrogens is 308 g/mol. The Hall–Kier alpha value is -2.21. The van der Waals surface area contributed by atoms with Crippen LogP contribution in [0.25, 0.3) is 0 Å². The van der Waals surface area contributed by atoms with Crippen LogP contribution in [0.5, 0.6) is 5.75 Å². The molecular formula is C17H22N4OS. The first-order valence-electron chi connectivity index (χ1n) is 7.35. The number of aromatic nitrogens is 1. The number of benzene rings is 1. The van der Waals surface area contributed by atoms with Crippen molar-refractivity contribution in [1.82, 2.24) is 4.98 Å². The molecule has 23 heavy (non-hydrogen) atoms. The number of methoxy groups -OCH3 is 1. The van der Waals surface area contributed by atoms with E-state index in [1.165, 1.54) is 17.3 Å². The highest BCUT2D eigenvalue weighted by atomic mass is 32.2. The van der Waals surface area contributed by atoms with Crippen LogP contribution in [0.2, 0.25) is 0 Å². The number of rotatable bonds is 7. The van der Waals surface area contributed by atoms with Crippen LogP contribution in [0.15, 0.2) is 53.7 Å². The number of nitrogens with two attached hydrogens (primary N) is 1. The van der Waals surface area contributed by atoms with Gasteiger partial charge in [-0.25, -0.2) is 4.98 Å². The van der Waals surface area contributed by atoms with Crippen molar-refractivity contribution in [2.45, 2.75) is 6.54 Å². The van der Waals surface area contributed by atoms with E-state index in [-0.39, 0.29) is 0 Å². The van der Waals surface area contributed by atoms with Gasteiger partial charge in [-0.15, -0.1) is 0 Å². The molecule has 0 fully saturated rings. The molecule has 1 aromatic carbocycles. The number of pyridine rings is 1. The van der Waals surface area contributed by atoms with E-state index in [1.807, 2.05) is 36.6 Å². The van der Waals surface area contributed by atoms with Crippen molar-refractivity contribution in [2.24, 2.45) is 10.7 Å². The molecule has 0 bridgehead atoms. The minimum absolute atomic E-state index is 0.607. The number of nitrogens with zero attached hydrogens (tertiary/aromatic N) is 3. The third-order valence-electron chi connectivity index (χ3n) is 3.35. The first kappa shape index (κ1) is 17.1. The van der Waals surface area contributed by atoms with Crippen molar-refractivity contribution >= 4 is 22.7 Å². The van der Waals surface area contributed by atoms with Crippen molar-refractivity contribution in [3.05, 3.63) is 54.2 Å². The number of hydrogen-bond donors (Lipinski definition) is 1. The summed E-state index contributed by atoms with van der Waals surface area (Å²) in [6.07, 6.45) is 3.72. The molecule has 0 saturated heterocycles. The van der Waals surface area contributed by atoms with Gasteiger partial charge >= 0.3 is 0 Å². The van der Waals surface area contributed by atoms with Gasteiger partial charge in [0.05, 0.1) is 13.7 Å². The van der Waals surface area contributed by atoms with E-state index in [2.05, 4.69) is 27.0 Å². The Kier molecular flexibility index (Phi) is 6.75. The minimum atomic E-state index is 0.607. The van der Waals surface area contributed by atoms with E-state index < -0.39 is 0 Å². The SMILES string of the molecule is COc1ccc(CN(CCN=C(N)SC)c2ccccn2)cc1. The monoisotopic (exact) mass is 330 g/mol. The molecule has 0 unspecified atom stereocenters. The molecule has 1 heterocycles. The fraction of sp³-hybridized carbons (Fsp3) is 0.294. The van der Waals surface area contributed by atoms with E-state index in [9.17, 15) is 0 Å². The van der Waals surface area contributed by atoms with Gasteiger partial charge in [0.15, 0.2) is 5.17 Å². The molecule has 0 amide bonds. The van der Waals surface area contributed by atoms with Crippen molar-refractivity contribution in [3.8, 4) is 5.75 Å². The zero-order valence-corrected chi connectivity index (χ0v) is 14.3. The summed E-state index contributed by atoms with van der Waals surface area (Å²) in [7, 11) is 1.67. The summed E-state index contributed by atoms with van der Waals surface area (Å²) in [5, 5.41) is 0.607. The summed E-state index contributed by atoms with van der Waals surface area (Å²) in [6, 6.07) is 14.0. The summed E-state index contributed by atoms with van der Waals surface area (Å²) < 4.78 is 5.20. The molecule has 0 atom stereocenters. The maximum absolute atomic E-state index is 5.75. The predicted octanol–water partition coefficient (Wildman–Crippen LogP) is 2.77. The summed E-state index contributed by atoms with van der Waals surface area (Å²) >= 11 is 1.46. The maximum Gasteiger partial charge on any atom is 0.153 e. The van der Waals surface area contributed by atoms with Crippen molar-refractivity contribution in [1.29, 1.82) is 0 Å². The number of amidine groups is 1. The van der Waals surface area contributed by atoms with Gasteiger partial charge in [-0.3, -0.25) is 4.99 Å². The third-order valence-corrected chi connectivity index (χ3v) is 3.90. The molecule has 0 saturated carbocycles. The Morgan fingerprint density at radius 1 is 1.26 bits per heavy atom. The zero-order chi connectivity index (χ0) is 16.5. The van der Waals surface area contributed by atoms with Crippen LogP contribution in [-0.2, 0) is 6.54 Å². The quantitative estimate of drug-likeness (QED) is 0.625. The first-order chi connectivity index (χ1) is 11.2. The average Bonchev–Trinajstić information content (AvgIpc) is 2.62. The molecule has 0 aliphatic carbocycles. The second-order valence-corrected chi connectivity index (χ2v) is 5.71. The lowest BCUT2D eigenvalue weighted by Crippen LogP contribution is -2.27. The number of thioether (sulfide) groups is 1. The molecule has 122 valence electrons. The standard InChI is InChI=1S/C17H22N4OS/c1-22-15-8-6-14(7-9-15)13-21(12-11-20-17(18)23-2)16-5-3-4-10-19-16/h3-10H,11-13H2,1-2H3,(H2,18,20). The molecule has 2 rings (SSSR count). The van der Waals surface area contributed by atoms with Gasteiger partial charge in [-0.1, -0.05) is 30.0 Å². The molecule has 1 aromatic heterocycles. The Morgan fingerprint density at radius 2 is 2.04 bits per heavy atom. The predicted molar refractivity (Wildman–Crippen MR) is 98.3 cm³/mol.